The van der Waals surface area contributed by atoms with E-state index in [9.17, 15) is 0 Å². The third kappa shape index (κ3) is 2.38. The normalized spacial score (nSPS) is 20.0. The predicted molar refractivity (Wildman–Crippen MR) is 90.1 cm³/mol. The van der Waals surface area contributed by atoms with E-state index in [-0.39, 0.29) is 6.04 Å². The van der Waals surface area contributed by atoms with Gasteiger partial charge in [-0.15, -0.1) is 0 Å². The van der Waals surface area contributed by atoms with Gasteiger partial charge >= 0.3 is 0 Å². The summed E-state index contributed by atoms with van der Waals surface area (Å²) in [6.45, 7) is 4.36. The fourth-order valence-corrected chi connectivity index (χ4v) is 2.95. The maximum Gasteiger partial charge on any atom is 0.0731 e. The first-order valence-corrected chi connectivity index (χ1v) is 7.27. The second kappa shape index (κ2) is 5.57. The first-order chi connectivity index (χ1) is 10.2. The van der Waals surface area contributed by atoms with Crippen LogP contribution in [0.3, 0.4) is 0 Å². The Morgan fingerprint density at radius 3 is 2.29 bits per heavy atom. The van der Waals surface area contributed by atoms with Gasteiger partial charge in [0.2, 0.25) is 0 Å². The Hall–Kier alpha value is -2.35. The second-order valence-corrected chi connectivity index (χ2v) is 5.41. The van der Waals surface area contributed by atoms with Gasteiger partial charge in [-0.3, -0.25) is 4.99 Å². The fraction of sp³-hybridized carbons (Fsp3) is 0.211. The maximum atomic E-state index is 4.53. The lowest BCUT2D eigenvalue weighted by Crippen LogP contribution is -2.12. The van der Waals surface area contributed by atoms with Crippen LogP contribution in [-0.2, 0) is 0 Å². The van der Waals surface area contributed by atoms with Gasteiger partial charge in [0, 0.05) is 18.3 Å². The minimum Gasteiger partial charge on any atom is -0.374 e. The minimum atomic E-state index is 0.187. The molecule has 106 valence electrons. The number of rotatable bonds is 1. The first kappa shape index (κ1) is 13.6. The van der Waals surface area contributed by atoms with Crippen molar-refractivity contribution < 1.29 is 0 Å². The van der Waals surface area contributed by atoms with Crippen LogP contribution in [0.4, 0.5) is 5.69 Å². The van der Waals surface area contributed by atoms with Gasteiger partial charge in [-0.2, -0.15) is 0 Å². The average molecular weight is 276 g/mol. The van der Waals surface area contributed by atoms with Gasteiger partial charge in [-0.1, -0.05) is 48.5 Å². The molecule has 21 heavy (non-hydrogen) atoms. The van der Waals surface area contributed by atoms with E-state index >= 15 is 0 Å². The molecule has 0 amide bonds. The molecular formula is C19H20N2. The molecule has 2 heteroatoms. The quantitative estimate of drug-likeness (QED) is 0.808. The molecule has 1 aliphatic rings. The van der Waals surface area contributed by atoms with Crippen LogP contribution in [0.2, 0.25) is 0 Å². The first-order valence-electron chi connectivity index (χ1n) is 7.27. The zero-order valence-electron chi connectivity index (χ0n) is 12.7. The zero-order chi connectivity index (χ0) is 14.8. The van der Waals surface area contributed by atoms with Crippen LogP contribution < -0.4 is 5.32 Å². The van der Waals surface area contributed by atoms with Crippen LogP contribution in [-0.4, -0.2) is 12.8 Å². The number of hydrogen-bond donors (Lipinski definition) is 1. The molecule has 3 rings (SSSR count). The number of benzene rings is 2. The zero-order valence-corrected chi connectivity index (χ0v) is 12.7. The smallest absolute Gasteiger partial charge is 0.0731 e. The molecule has 2 aromatic carbocycles. The highest BCUT2D eigenvalue weighted by Crippen LogP contribution is 2.35. The van der Waals surface area contributed by atoms with Gasteiger partial charge in [0.15, 0.2) is 0 Å². The molecule has 1 unspecified atom stereocenters. The predicted octanol–water partition coefficient (Wildman–Crippen LogP) is 4.61. The van der Waals surface area contributed by atoms with Gasteiger partial charge in [0.05, 0.1) is 11.8 Å². The molecule has 1 aliphatic heterocycles. The van der Waals surface area contributed by atoms with E-state index in [0.717, 1.165) is 11.4 Å². The van der Waals surface area contributed by atoms with E-state index in [4.69, 9.17) is 0 Å². The summed E-state index contributed by atoms with van der Waals surface area (Å²) in [5, 5.41) is 3.68. The average Bonchev–Trinajstić information content (AvgIpc) is 2.64. The number of allylic oxidation sites excluding steroid dienone is 1. The van der Waals surface area contributed by atoms with Crippen LogP contribution in [0.5, 0.6) is 0 Å². The Labute approximate surface area is 126 Å². The summed E-state index contributed by atoms with van der Waals surface area (Å²) >= 11 is 0. The third-order valence-electron chi connectivity index (χ3n) is 4.22. The monoisotopic (exact) mass is 276 g/mol. The Morgan fingerprint density at radius 1 is 0.905 bits per heavy atom. The van der Waals surface area contributed by atoms with Crippen LogP contribution in [0, 0.1) is 0 Å². The van der Waals surface area contributed by atoms with Crippen molar-refractivity contribution >= 4 is 11.4 Å². The lowest BCUT2D eigenvalue weighted by molar-refractivity contribution is 0.905. The van der Waals surface area contributed by atoms with E-state index in [0.29, 0.717) is 0 Å². The highest BCUT2D eigenvalue weighted by Gasteiger charge is 2.23. The Morgan fingerprint density at radius 2 is 1.57 bits per heavy atom. The van der Waals surface area contributed by atoms with Gasteiger partial charge in [-0.25, -0.2) is 0 Å². The van der Waals surface area contributed by atoms with Crippen molar-refractivity contribution in [3.8, 4) is 0 Å². The Balaban J connectivity index is 2.20. The van der Waals surface area contributed by atoms with E-state index < -0.39 is 0 Å². The number of fused-ring (bicyclic) bond motifs is 1. The standard InChI is InChI=1S/C19H20N2/c1-13-14(2)19(20-3)16-11-7-8-12-17(16)21-18(13)15-9-5-4-6-10-15/h4-12,18,21H,1-3H3. The van der Waals surface area contributed by atoms with Crippen molar-refractivity contribution in [2.45, 2.75) is 19.9 Å². The number of anilines is 1. The Bertz CT molecular complexity index is 711. The molecule has 0 bridgehead atoms. The van der Waals surface area contributed by atoms with Crippen LogP contribution in [0.25, 0.3) is 0 Å². The van der Waals surface area contributed by atoms with Crippen molar-refractivity contribution in [1.29, 1.82) is 0 Å². The molecule has 0 saturated heterocycles. The molecule has 0 fully saturated rings. The topological polar surface area (TPSA) is 24.4 Å². The van der Waals surface area contributed by atoms with Crippen molar-refractivity contribution in [2.24, 2.45) is 4.99 Å². The number of hydrogen-bond acceptors (Lipinski definition) is 2. The van der Waals surface area contributed by atoms with Crippen molar-refractivity contribution in [2.75, 3.05) is 12.4 Å². The summed E-state index contributed by atoms with van der Waals surface area (Å²) < 4.78 is 0. The van der Waals surface area contributed by atoms with E-state index in [1.807, 2.05) is 7.05 Å². The lowest BCUT2D eigenvalue weighted by atomic mass is 9.94. The lowest BCUT2D eigenvalue weighted by Gasteiger charge is -2.21. The van der Waals surface area contributed by atoms with Crippen LogP contribution >= 0.6 is 0 Å². The SMILES string of the molecule is CN=C1C(C)=C(C)C(c2ccccc2)Nc2ccccc21. The summed E-state index contributed by atoms with van der Waals surface area (Å²) in [6.07, 6.45) is 0. The van der Waals surface area contributed by atoms with Gasteiger partial charge in [0.1, 0.15) is 0 Å². The molecule has 1 N–H and O–H groups in total. The van der Waals surface area contributed by atoms with Gasteiger partial charge < -0.3 is 5.32 Å². The summed E-state index contributed by atoms with van der Waals surface area (Å²) in [7, 11) is 1.87. The van der Waals surface area contributed by atoms with E-state index in [2.05, 4.69) is 78.8 Å². The van der Waals surface area contributed by atoms with Crippen molar-refractivity contribution in [3.05, 3.63) is 76.9 Å². The molecule has 0 spiro atoms. The number of nitrogens with one attached hydrogen (secondary N) is 1. The molecule has 1 atom stereocenters. The van der Waals surface area contributed by atoms with Gasteiger partial charge in [0.25, 0.3) is 0 Å². The summed E-state index contributed by atoms with van der Waals surface area (Å²) in [6, 6.07) is 19.2. The number of aliphatic imine (C=N–C) groups is 1. The second-order valence-electron chi connectivity index (χ2n) is 5.41. The molecule has 1 heterocycles. The fourth-order valence-electron chi connectivity index (χ4n) is 2.95. The molecule has 0 aliphatic carbocycles. The number of nitrogens with zero attached hydrogens (tertiary/aromatic N) is 1. The molecule has 2 nitrogen and oxygen atoms in total. The third-order valence-corrected chi connectivity index (χ3v) is 4.22. The Kier molecular flexibility index (Phi) is 3.61. The summed E-state index contributed by atoms with van der Waals surface area (Å²) in [4.78, 5) is 4.53. The van der Waals surface area contributed by atoms with Crippen molar-refractivity contribution in [3.63, 3.8) is 0 Å². The highest BCUT2D eigenvalue weighted by molar-refractivity contribution is 6.16. The molecule has 0 radical (unpaired) electrons. The summed E-state index contributed by atoms with van der Waals surface area (Å²) in [5.74, 6) is 0. The van der Waals surface area contributed by atoms with Gasteiger partial charge in [-0.05, 0) is 36.6 Å². The molecule has 0 saturated carbocycles. The number of para-hydroxylation sites is 1. The van der Waals surface area contributed by atoms with E-state index in [1.165, 1.54) is 22.3 Å². The molecule has 2 aromatic rings. The highest BCUT2D eigenvalue weighted by atomic mass is 14.9. The van der Waals surface area contributed by atoms with Crippen LogP contribution in [0.1, 0.15) is 31.0 Å². The van der Waals surface area contributed by atoms with E-state index in [1.54, 1.807) is 0 Å². The minimum absolute atomic E-state index is 0.187. The van der Waals surface area contributed by atoms with Crippen LogP contribution in [0.15, 0.2) is 70.7 Å². The molecule has 0 aromatic heterocycles. The maximum absolute atomic E-state index is 4.53. The molecular weight excluding hydrogens is 256 g/mol. The summed E-state index contributed by atoms with van der Waals surface area (Å²) in [5.41, 5.74) is 7.25. The van der Waals surface area contributed by atoms with Crippen molar-refractivity contribution in [1.82, 2.24) is 0 Å². The largest absolute Gasteiger partial charge is 0.374 e.